The van der Waals surface area contributed by atoms with Gasteiger partial charge in [0, 0.05) is 23.9 Å². The Balaban J connectivity index is 1.63. The van der Waals surface area contributed by atoms with E-state index in [1.54, 1.807) is 0 Å². The lowest BCUT2D eigenvalue weighted by atomic mass is 10.0. The van der Waals surface area contributed by atoms with Crippen LogP contribution in [0.5, 0.6) is 5.75 Å². The third-order valence-corrected chi connectivity index (χ3v) is 5.68. The summed E-state index contributed by atoms with van der Waals surface area (Å²) in [6.45, 7) is 4.73. The van der Waals surface area contributed by atoms with Gasteiger partial charge in [-0.1, -0.05) is 64.7 Å². The van der Waals surface area contributed by atoms with Crippen LogP contribution in [0, 0.1) is 17.2 Å². The van der Waals surface area contributed by atoms with E-state index >= 15 is 0 Å². The molecule has 1 aromatic carbocycles. The zero-order valence-electron chi connectivity index (χ0n) is 19.5. The lowest BCUT2D eigenvalue weighted by Crippen LogP contribution is -2.02. The van der Waals surface area contributed by atoms with Crippen molar-refractivity contribution in [3.63, 3.8) is 0 Å². The van der Waals surface area contributed by atoms with Gasteiger partial charge in [-0.2, -0.15) is 5.26 Å². The number of ether oxygens (including phenoxy) is 1. The summed E-state index contributed by atoms with van der Waals surface area (Å²) in [5, 5.41) is 8.82. The molecule has 4 heteroatoms. The average molecular weight is 422 g/mol. The van der Waals surface area contributed by atoms with Gasteiger partial charge in [0.1, 0.15) is 5.75 Å². The minimum atomic E-state index is 0.0199. The molecule has 0 amide bonds. The van der Waals surface area contributed by atoms with Crippen LogP contribution in [0.2, 0.25) is 0 Å². The van der Waals surface area contributed by atoms with Crippen molar-refractivity contribution in [2.75, 3.05) is 6.61 Å². The highest BCUT2D eigenvalue weighted by Gasteiger charge is 2.04. The maximum atomic E-state index is 8.82. The molecule has 0 saturated carbocycles. The van der Waals surface area contributed by atoms with Gasteiger partial charge in [0.25, 0.3) is 0 Å². The molecule has 1 heterocycles. The second kappa shape index (κ2) is 15.4. The molecule has 2 aromatic rings. The summed E-state index contributed by atoms with van der Waals surface area (Å²) in [7, 11) is 0. The van der Waals surface area contributed by atoms with Crippen LogP contribution in [0.4, 0.5) is 0 Å². The highest BCUT2D eigenvalue weighted by Crippen LogP contribution is 2.20. The van der Waals surface area contributed by atoms with Crippen molar-refractivity contribution in [1.29, 1.82) is 5.26 Å². The molecule has 1 atom stereocenters. The van der Waals surface area contributed by atoms with Crippen LogP contribution in [0.3, 0.4) is 0 Å². The topological polar surface area (TPSA) is 58.8 Å². The lowest BCUT2D eigenvalue weighted by Gasteiger charge is -2.08. The van der Waals surface area contributed by atoms with E-state index in [-0.39, 0.29) is 5.92 Å². The molecule has 0 N–H and O–H groups in total. The predicted molar refractivity (Wildman–Crippen MR) is 128 cm³/mol. The van der Waals surface area contributed by atoms with Gasteiger partial charge in [0.15, 0.2) is 5.82 Å². The Hall–Kier alpha value is -2.41. The van der Waals surface area contributed by atoms with E-state index in [9.17, 15) is 0 Å². The van der Waals surface area contributed by atoms with Gasteiger partial charge in [-0.05, 0) is 56.0 Å². The molecule has 0 aliphatic carbocycles. The minimum Gasteiger partial charge on any atom is -0.494 e. The molecule has 168 valence electrons. The standard InChI is InChI=1S/C27H39N3O/c1-3-4-5-6-7-8-9-10-11-12-13-24-21-29-27(30-22-24)25-14-16-26(17-15-25)31-19-18-23(2)20-28/h14-17,21-23H,3-13,18-19H2,1-2H3. The lowest BCUT2D eigenvalue weighted by molar-refractivity contribution is 0.297. The van der Waals surface area contributed by atoms with Gasteiger partial charge in [-0.25, -0.2) is 9.97 Å². The Labute approximate surface area is 189 Å². The minimum absolute atomic E-state index is 0.0199. The summed E-state index contributed by atoms with van der Waals surface area (Å²) < 4.78 is 5.70. The van der Waals surface area contributed by atoms with Crippen molar-refractivity contribution in [3.05, 3.63) is 42.2 Å². The second-order valence-electron chi connectivity index (χ2n) is 8.54. The fourth-order valence-electron chi connectivity index (χ4n) is 3.57. The summed E-state index contributed by atoms with van der Waals surface area (Å²) in [5.41, 5.74) is 2.21. The van der Waals surface area contributed by atoms with Crippen molar-refractivity contribution in [1.82, 2.24) is 9.97 Å². The van der Waals surface area contributed by atoms with E-state index in [1.807, 2.05) is 43.6 Å². The zero-order valence-corrected chi connectivity index (χ0v) is 19.5. The number of nitriles is 1. The Morgan fingerprint density at radius 3 is 2.03 bits per heavy atom. The molecule has 0 aliphatic heterocycles. The average Bonchev–Trinajstić information content (AvgIpc) is 2.81. The fraction of sp³-hybridized carbons (Fsp3) is 0.593. The first kappa shape index (κ1) is 24.9. The SMILES string of the molecule is CCCCCCCCCCCCc1cnc(-c2ccc(OCCC(C)C#N)cc2)nc1. The van der Waals surface area contributed by atoms with Gasteiger partial charge in [0.05, 0.1) is 12.7 Å². The summed E-state index contributed by atoms with van der Waals surface area (Å²) in [5.74, 6) is 1.58. The van der Waals surface area contributed by atoms with Crippen molar-refractivity contribution in [2.24, 2.45) is 5.92 Å². The Morgan fingerprint density at radius 2 is 1.45 bits per heavy atom. The maximum Gasteiger partial charge on any atom is 0.159 e. The van der Waals surface area contributed by atoms with Crippen LogP contribution in [0.25, 0.3) is 11.4 Å². The van der Waals surface area contributed by atoms with E-state index in [0.717, 1.165) is 30.0 Å². The summed E-state index contributed by atoms with van der Waals surface area (Å²) >= 11 is 0. The highest BCUT2D eigenvalue weighted by molar-refractivity contribution is 5.55. The third-order valence-electron chi connectivity index (χ3n) is 5.68. The number of benzene rings is 1. The molecule has 1 unspecified atom stereocenters. The number of hydrogen-bond donors (Lipinski definition) is 0. The maximum absolute atomic E-state index is 8.82. The number of hydrogen-bond acceptors (Lipinski definition) is 4. The van der Waals surface area contributed by atoms with E-state index in [4.69, 9.17) is 10.00 Å². The van der Waals surface area contributed by atoms with Crippen LogP contribution < -0.4 is 4.74 Å². The predicted octanol–water partition coefficient (Wildman–Crippen LogP) is 7.54. The van der Waals surface area contributed by atoms with Gasteiger partial charge < -0.3 is 4.74 Å². The van der Waals surface area contributed by atoms with Gasteiger partial charge in [-0.15, -0.1) is 0 Å². The van der Waals surface area contributed by atoms with Crippen molar-refractivity contribution >= 4 is 0 Å². The second-order valence-corrected chi connectivity index (χ2v) is 8.54. The molecular formula is C27H39N3O. The number of rotatable bonds is 16. The Kier molecular flexibility index (Phi) is 12.3. The summed E-state index contributed by atoms with van der Waals surface area (Å²) in [6.07, 6.45) is 19.3. The summed E-state index contributed by atoms with van der Waals surface area (Å²) in [6, 6.07) is 10.1. The molecule has 0 saturated heterocycles. The summed E-state index contributed by atoms with van der Waals surface area (Å²) in [4.78, 5) is 9.10. The van der Waals surface area contributed by atoms with Crippen molar-refractivity contribution in [2.45, 2.75) is 90.9 Å². The molecule has 2 rings (SSSR count). The third kappa shape index (κ3) is 10.4. The quantitative estimate of drug-likeness (QED) is 0.263. The van der Waals surface area contributed by atoms with E-state index in [2.05, 4.69) is 23.0 Å². The van der Waals surface area contributed by atoms with Crippen LogP contribution in [0.15, 0.2) is 36.7 Å². The molecule has 0 bridgehead atoms. The fourth-order valence-corrected chi connectivity index (χ4v) is 3.57. The van der Waals surface area contributed by atoms with Gasteiger partial charge in [0.2, 0.25) is 0 Å². The normalized spacial score (nSPS) is 11.8. The Bertz CT molecular complexity index is 750. The number of aryl methyl sites for hydroxylation is 1. The molecule has 31 heavy (non-hydrogen) atoms. The smallest absolute Gasteiger partial charge is 0.159 e. The number of aromatic nitrogens is 2. The van der Waals surface area contributed by atoms with E-state index in [1.165, 1.54) is 69.8 Å². The van der Waals surface area contributed by atoms with Crippen LogP contribution in [0.1, 0.15) is 90.0 Å². The Morgan fingerprint density at radius 1 is 0.871 bits per heavy atom. The first-order valence-corrected chi connectivity index (χ1v) is 12.2. The number of nitrogens with zero attached hydrogens (tertiary/aromatic N) is 3. The highest BCUT2D eigenvalue weighted by atomic mass is 16.5. The van der Waals surface area contributed by atoms with Crippen LogP contribution >= 0.6 is 0 Å². The monoisotopic (exact) mass is 421 g/mol. The van der Waals surface area contributed by atoms with Crippen LogP contribution in [-0.4, -0.2) is 16.6 Å². The first-order valence-electron chi connectivity index (χ1n) is 12.2. The molecule has 0 fully saturated rings. The number of unbranched alkanes of at least 4 members (excludes halogenated alkanes) is 9. The molecule has 0 aliphatic rings. The van der Waals surface area contributed by atoms with Gasteiger partial charge >= 0.3 is 0 Å². The van der Waals surface area contributed by atoms with Crippen molar-refractivity contribution < 1.29 is 4.74 Å². The molecule has 0 radical (unpaired) electrons. The van der Waals surface area contributed by atoms with E-state index < -0.39 is 0 Å². The molecule has 1 aromatic heterocycles. The first-order chi connectivity index (χ1) is 15.2. The van der Waals surface area contributed by atoms with Crippen molar-refractivity contribution in [3.8, 4) is 23.2 Å². The van der Waals surface area contributed by atoms with E-state index in [0.29, 0.717) is 6.61 Å². The zero-order chi connectivity index (χ0) is 22.2. The molecular weight excluding hydrogens is 382 g/mol. The van der Waals surface area contributed by atoms with Gasteiger partial charge in [-0.3, -0.25) is 0 Å². The molecule has 0 spiro atoms. The van der Waals surface area contributed by atoms with Crippen LogP contribution in [-0.2, 0) is 6.42 Å². The molecule has 4 nitrogen and oxygen atoms in total. The largest absolute Gasteiger partial charge is 0.494 e.